The van der Waals surface area contributed by atoms with Gasteiger partial charge in [-0.1, -0.05) is 79.4 Å². The first kappa shape index (κ1) is 35.6. The molecule has 4 aromatic carbocycles. The van der Waals surface area contributed by atoms with Crippen LogP contribution in [0.1, 0.15) is 55.7 Å². The van der Waals surface area contributed by atoms with Crippen LogP contribution >= 0.6 is 0 Å². The molecule has 0 heterocycles. The lowest BCUT2D eigenvalue weighted by atomic mass is 9.94. The maximum atomic E-state index is 14.7. The van der Waals surface area contributed by atoms with Crippen molar-refractivity contribution in [1.29, 1.82) is 0 Å². The maximum absolute atomic E-state index is 14.7. The van der Waals surface area contributed by atoms with Crippen molar-refractivity contribution in [3.63, 3.8) is 0 Å². The van der Waals surface area contributed by atoms with Gasteiger partial charge in [0.2, 0.25) is 11.8 Å². The van der Waals surface area contributed by atoms with Gasteiger partial charge in [-0.15, -0.1) is 0 Å². The summed E-state index contributed by atoms with van der Waals surface area (Å²) in [6.07, 6.45) is 5.15. The lowest BCUT2D eigenvalue weighted by Crippen LogP contribution is -2.55. The molecule has 1 atom stereocenters. The number of aryl methyl sites for hydroxylation is 1. The molecule has 1 fully saturated rings. The van der Waals surface area contributed by atoms with E-state index >= 15 is 0 Å². The number of ether oxygens (including phenoxy) is 1. The van der Waals surface area contributed by atoms with Crippen LogP contribution in [0.3, 0.4) is 0 Å². The van der Waals surface area contributed by atoms with Crippen molar-refractivity contribution < 1.29 is 27.1 Å². The lowest BCUT2D eigenvalue weighted by molar-refractivity contribution is -0.140. The first-order chi connectivity index (χ1) is 23.6. The van der Waals surface area contributed by atoms with E-state index in [1.807, 2.05) is 68.4 Å². The second-order valence-corrected chi connectivity index (χ2v) is 14.3. The second kappa shape index (κ2) is 16.6. The number of hydrogen-bond acceptors (Lipinski definition) is 5. The molecule has 0 bridgehead atoms. The van der Waals surface area contributed by atoms with Crippen molar-refractivity contribution in [2.75, 3.05) is 17.5 Å². The third-order valence-electron chi connectivity index (χ3n) is 8.77. The van der Waals surface area contributed by atoms with E-state index in [0.29, 0.717) is 12.4 Å². The van der Waals surface area contributed by atoms with Crippen molar-refractivity contribution >= 4 is 27.5 Å². The van der Waals surface area contributed by atoms with Gasteiger partial charge in [-0.05, 0) is 86.3 Å². The Bertz CT molecular complexity index is 1790. The first-order valence-corrected chi connectivity index (χ1v) is 18.3. The highest BCUT2D eigenvalue weighted by molar-refractivity contribution is 7.92. The molecule has 0 aliphatic heterocycles. The quantitative estimate of drug-likeness (QED) is 0.157. The number of sulfonamides is 1. The summed E-state index contributed by atoms with van der Waals surface area (Å²) >= 11 is 0. The summed E-state index contributed by atoms with van der Waals surface area (Å²) in [6.45, 7) is 3.66. The molecular weight excluding hydrogens is 642 g/mol. The molecule has 10 heteroatoms. The Hall–Kier alpha value is -4.70. The van der Waals surface area contributed by atoms with E-state index in [1.165, 1.54) is 29.2 Å². The third kappa shape index (κ3) is 9.47. The molecule has 4 aromatic rings. The van der Waals surface area contributed by atoms with Crippen molar-refractivity contribution in [3.8, 4) is 5.75 Å². The summed E-state index contributed by atoms with van der Waals surface area (Å²) in [6, 6.07) is 27.2. The van der Waals surface area contributed by atoms with Crippen molar-refractivity contribution in [1.82, 2.24) is 10.2 Å². The number of anilines is 1. The number of nitrogens with one attached hydrogen (secondary N) is 1. The highest BCUT2D eigenvalue weighted by Gasteiger charge is 2.35. The molecule has 1 aliphatic carbocycles. The number of halogens is 1. The van der Waals surface area contributed by atoms with Crippen LogP contribution in [0.25, 0.3) is 0 Å². The number of hydrogen-bond donors (Lipinski definition) is 1. The van der Waals surface area contributed by atoms with E-state index in [0.717, 1.165) is 65.2 Å². The van der Waals surface area contributed by atoms with Crippen LogP contribution in [-0.2, 0) is 32.6 Å². The van der Waals surface area contributed by atoms with Gasteiger partial charge in [0.25, 0.3) is 10.0 Å². The maximum Gasteiger partial charge on any atom is 0.264 e. The number of benzene rings is 4. The van der Waals surface area contributed by atoms with Crippen LogP contribution < -0.4 is 14.4 Å². The minimum absolute atomic E-state index is 0.00574. The van der Waals surface area contributed by atoms with Gasteiger partial charge in [-0.25, -0.2) is 12.8 Å². The first-order valence-electron chi connectivity index (χ1n) is 16.8. The summed E-state index contributed by atoms with van der Waals surface area (Å²) in [5, 5.41) is 3.22. The second-order valence-electron chi connectivity index (χ2n) is 12.5. The van der Waals surface area contributed by atoms with E-state index in [4.69, 9.17) is 4.74 Å². The minimum atomic E-state index is -4.33. The minimum Gasteiger partial charge on any atom is -0.494 e. The van der Waals surface area contributed by atoms with Gasteiger partial charge in [0, 0.05) is 19.0 Å². The lowest BCUT2D eigenvalue weighted by Gasteiger charge is -2.35. The Balaban J connectivity index is 1.55. The topological polar surface area (TPSA) is 96.0 Å². The fourth-order valence-corrected chi connectivity index (χ4v) is 7.66. The molecule has 8 nitrogen and oxygen atoms in total. The fourth-order valence-electron chi connectivity index (χ4n) is 6.24. The predicted molar refractivity (Wildman–Crippen MR) is 189 cm³/mol. The molecule has 0 spiro atoms. The monoisotopic (exact) mass is 685 g/mol. The van der Waals surface area contributed by atoms with Gasteiger partial charge in [-0.3, -0.25) is 13.9 Å². The van der Waals surface area contributed by atoms with Crippen LogP contribution in [0.2, 0.25) is 0 Å². The van der Waals surface area contributed by atoms with Gasteiger partial charge in [0.05, 0.1) is 17.2 Å². The Morgan fingerprint density at radius 2 is 1.55 bits per heavy atom. The van der Waals surface area contributed by atoms with Gasteiger partial charge in [0.1, 0.15) is 24.2 Å². The molecule has 0 aromatic heterocycles. The Morgan fingerprint density at radius 1 is 0.878 bits per heavy atom. The van der Waals surface area contributed by atoms with Crippen LogP contribution in [0.15, 0.2) is 108 Å². The molecule has 0 radical (unpaired) electrons. The summed E-state index contributed by atoms with van der Waals surface area (Å²) in [5.74, 6) is -0.890. The summed E-state index contributed by atoms with van der Waals surface area (Å²) in [7, 11) is -4.33. The van der Waals surface area contributed by atoms with E-state index < -0.39 is 34.3 Å². The predicted octanol–water partition coefficient (Wildman–Crippen LogP) is 6.82. The van der Waals surface area contributed by atoms with Crippen LogP contribution in [-0.4, -0.2) is 50.4 Å². The van der Waals surface area contributed by atoms with E-state index in [9.17, 15) is 22.4 Å². The molecular formula is C39H44FN3O5S. The van der Waals surface area contributed by atoms with E-state index in [2.05, 4.69) is 5.32 Å². The number of amides is 2. The molecule has 49 heavy (non-hydrogen) atoms. The summed E-state index contributed by atoms with van der Waals surface area (Å²) < 4.78 is 49.0. The molecule has 1 aliphatic rings. The van der Waals surface area contributed by atoms with Crippen LogP contribution in [0, 0.1) is 12.7 Å². The summed E-state index contributed by atoms with van der Waals surface area (Å²) in [5.41, 5.74) is 2.78. The van der Waals surface area contributed by atoms with Crippen LogP contribution in [0.4, 0.5) is 10.1 Å². The number of rotatable bonds is 14. The van der Waals surface area contributed by atoms with Gasteiger partial charge in [0.15, 0.2) is 0 Å². The average Bonchev–Trinajstić information content (AvgIpc) is 3.10. The highest BCUT2D eigenvalue weighted by atomic mass is 32.2. The van der Waals surface area contributed by atoms with Crippen LogP contribution in [0.5, 0.6) is 5.75 Å². The normalized spacial score (nSPS) is 14.1. The molecule has 2 amide bonds. The summed E-state index contributed by atoms with van der Waals surface area (Å²) in [4.78, 5) is 30.3. The Labute approximate surface area is 289 Å². The SMILES string of the molecule is CCOc1ccc(S(=O)(=O)N(CC(=O)N(Cc2cccc(C)c2)[C@@H](Cc2ccccc2)C(=O)NC2CCCCC2)c2ccc(F)cc2)cc1. The third-order valence-corrected chi connectivity index (χ3v) is 10.6. The zero-order valence-corrected chi connectivity index (χ0v) is 28.9. The molecule has 5 rings (SSSR count). The fraction of sp³-hybridized carbons (Fsp3) is 0.333. The van der Waals surface area contributed by atoms with Gasteiger partial charge in [-0.2, -0.15) is 0 Å². The van der Waals surface area contributed by atoms with Crippen molar-refractivity contribution in [3.05, 3.63) is 126 Å². The smallest absolute Gasteiger partial charge is 0.264 e. The van der Waals surface area contributed by atoms with Gasteiger partial charge >= 0.3 is 0 Å². The number of carbonyl (C=O) groups is 2. The zero-order valence-electron chi connectivity index (χ0n) is 28.1. The molecule has 0 unspecified atom stereocenters. The van der Waals surface area contributed by atoms with Crippen molar-refractivity contribution in [2.24, 2.45) is 0 Å². The molecule has 258 valence electrons. The Morgan fingerprint density at radius 3 is 2.20 bits per heavy atom. The standard InChI is InChI=1S/C39H44FN3O5S/c1-3-48-35-21-23-36(24-22-35)49(46,47)43(34-19-17-32(40)18-20-34)28-38(44)42(27-31-14-10-11-29(2)25-31)37(26-30-12-6-4-7-13-30)39(45)41-33-15-8-5-9-16-33/h4,6-7,10-14,17-25,33,37H,3,5,8-9,15-16,26-28H2,1-2H3,(H,41,45)/t37-/m0/s1. The largest absolute Gasteiger partial charge is 0.494 e. The van der Waals surface area contributed by atoms with E-state index in [-0.39, 0.29) is 35.5 Å². The number of nitrogens with zero attached hydrogens (tertiary/aromatic N) is 2. The zero-order chi connectivity index (χ0) is 34.8. The molecule has 1 N–H and O–H groups in total. The Kier molecular flexibility index (Phi) is 12.1. The van der Waals surface area contributed by atoms with Gasteiger partial charge < -0.3 is 15.0 Å². The molecule has 0 saturated heterocycles. The van der Waals surface area contributed by atoms with Crippen molar-refractivity contribution in [2.45, 2.75) is 75.9 Å². The highest BCUT2D eigenvalue weighted by Crippen LogP contribution is 2.27. The van der Waals surface area contributed by atoms with E-state index in [1.54, 1.807) is 12.1 Å². The number of carbonyl (C=O) groups excluding carboxylic acids is 2. The molecule has 1 saturated carbocycles. The average molecular weight is 686 g/mol.